The standard InChI is InChI=1S/C15H16FNO/c1-10(2)18-13-6-3-11(4-7-13)14-8-5-12(17)9-15(14)16/h3-10H,17H2,1-2H3. The Hall–Kier alpha value is -2.03. The van der Waals surface area contributed by atoms with Crippen molar-refractivity contribution in [3.63, 3.8) is 0 Å². The molecule has 94 valence electrons. The first-order chi connectivity index (χ1) is 8.56. The van der Waals surface area contributed by atoms with Crippen LogP contribution >= 0.6 is 0 Å². The fourth-order valence-corrected chi connectivity index (χ4v) is 1.75. The van der Waals surface area contributed by atoms with Crippen molar-refractivity contribution < 1.29 is 9.13 Å². The third-order valence-electron chi connectivity index (χ3n) is 2.53. The van der Waals surface area contributed by atoms with Gasteiger partial charge in [-0.3, -0.25) is 0 Å². The average Bonchev–Trinajstić information content (AvgIpc) is 2.30. The number of nitrogen functional groups attached to an aromatic ring is 1. The molecule has 0 amide bonds. The zero-order valence-corrected chi connectivity index (χ0v) is 10.5. The van der Waals surface area contributed by atoms with Gasteiger partial charge >= 0.3 is 0 Å². The summed E-state index contributed by atoms with van der Waals surface area (Å²) in [5.74, 6) is 0.470. The Morgan fingerprint density at radius 2 is 1.72 bits per heavy atom. The molecule has 0 unspecified atom stereocenters. The van der Waals surface area contributed by atoms with E-state index >= 15 is 0 Å². The molecule has 2 aromatic rings. The number of nitrogens with two attached hydrogens (primary N) is 1. The van der Waals surface area contributed by atoms with Crippen LogP contribution < -0.4 is 10.5 Å². The number of ether oxygens (including phenoxy) is 1. The molecule has 18 heavy (non-hydrogen) atoms. The number of halogens is 1. The van der Waals surface area contributed by atoms with Crippen LogP contribution in [0.1, 0.15) is 13.8 Å². The highest BCUT2D eigenvalue weighted by Crippen LogP contribution is 2.26. The number of rotatable bonds is 3. The van der Waals surface area contributed by atoms with E-state index in [1.165, 1.54) is 6.07 Å². The highest BCUT2D eigenvalue weighted by atomic mass is 19.1. The molecule has 0 bridgehead atoms. The molecule has 0 aliphatic rings. The molecule has 0 heterocycles. The zero-order valence-electron chi connectivity index (χ0n) is 10.5. The maximum Gasteiger partial charge on any atom is 0.133 e. The molecule has 0 saturated heterocycles. The second-order valence-electron chi connectivity index (χ2n) is 4.43. The van der Waals surface area contributed by atoms with Gasteiger partial charge in [0.15, 0.2) is 0 Å². The maximum absolute atomic E-state index is 13.7. The highest BCUT2D eigenvalue weighted by Gasteiger charge is 2.06. The lowest BCUT2D eigenvalue weighted by molar-refractivity contribution is 0.242. The second-order valence-corrected chi connectivity index (χ2v) is 4.43. The summed E-state index contributed by atoms with van der Waals surface area (Å²) in [7, 11) is 0. The van der Waals surface area contributed by atoms with E-state index < -0.39 is 0 Å². The molecular formula is C15H16FNO. The fourth-order valence-electron chi connectivity index (χ4n) is 1.75. The molecule has 2 nitrogen and oxygen atoms in total. The summed E-state index contributed by atoms with van der Waals surface area (Å²) >= 11 is 0. The van der Waals surface area contributed by atoms with Crippen LogP contribution in [0.3, 0.4) is 0 Å². The van der Waals surface area contributed by atoms with Crippen LogP contribution in [-0.2, 0) is 0 Å². The van der Waals surface area contributed by atoms with E-state index in [0.29, 0.717) is 11.3 Å². The van der Waals surface area contributed by atoms with Gasteiger partial charge in [-0.2, -0.15) is 0 Å². The Kier molecular flexibility index (Phi) is 3.51. The van der Waals surface area contributed by atoms with E-state index in [9.17, 15) is 4.39 Å². The Morgan fingerprint density at radius 1 is 1.06 bits per heavy atom. The van der Waals surface area contributed by atoms with Gasteiger partial charge in [-0.25, -0.2) is 4.39 Å². The summed E-state index contributed by atoms with van der Waals surface area (Å²) in [6.45, 7) is 3.93. The first kappa shape index (κ1) is 12.4. The summed E-state index contributed by atoms with van der Waals surface area (Å²) in [5, 5.41) is 0. The molecule has 3 heteroatoms. The van der Waals surface area contributed by atoms with Crippen molar-refractivity contribution in [2.24, 2.45) is 0 Å². The van der Waals surface area contributed by atoms with Crippen LogP contribution in [0.15, 0.2) is 42.5 Å². The van der Waals surface area contributed by atoms with Crippen LogP contribution in [0.25, 0.3) is 11.1 Å². The van der Waals surface area contributed by atoms with Gasteiger partial charge in [-0.1, -0.05) is 12.1 Å². The lowest BCUT2D eigenvalue weighted by Gasteiger charge is -2.10. The van der Waals surface area contributed by atoms with Crippen molar-refractivity contribution in [1.82, 2.24) is 0 Å². The predicted molar refractivity (Wildman–Crippen MR) is 72.0 cm³/mol. The molecular weight excluding hydrogens is 229 g/mol. The van der Waals surface area contributed by atoms with E-state index in [1.54, 1.807) is 12.1 Å². The van der Waals surface area contributed by atoms with E-state index in [-0.39, 0.29) is 11.9 Å². The van der Waals surface area contributed by atoms with Crippen molar-refractivity contribution >= 4 is 5.69 Å². The maximum atomic E-state index is 13.7. The van der Waals surface area contributed by atoms with Crippen LogP contribution in [0.2, 0.25) is 0 Å². The third kappa shape index (κ3) is 2.80. The van der Waals surface area contributed by atoms with Crippen LogP contribution in [-0.4, -0.2) is 6.10 Å². The molecule has 0 aromatic heterocycles. The second kappa shape index (κ2) is 5.08. The minimum atomic E-state index is -0.312. The molecule has 0 fully saturated rings. The minimum Gasteiger partial charge on any atom is -0.491 e. The SMILES string of the molecule is CC(C)Oc1ccc(-c2ccc(N)cc2F)cc1. The van der Waals surface area contributed by atoms with Crippen molar-refractivity contribution in [2.45, 2.75) is 20.0 Å². The largest absolute Gasteiger partial charge is 0.491 e. The number of anilines is 1. The number of hydrogen-bond donors (Lipinski definition) is 1. The van der Waals surface area contributed by atoms with E-state index in [2.05, 4.69) is 0 Å². The van der Waals surface area contributed by atoms with Gasteiger partial charge in [0, 0.05) is 11.3 Å². The smallest absolute Gasteiger partial charge is 0.133 e. The highest BCUT2D eigenvalue weighted by molar-refractivity contribution is 5.66. The molecule has 0 spiro atoms. The topological polar surface area (TPSA) is 35.2 Å². The zero-order chi connectivity index (χ0) is 13.1. The van der Waals surface area contributed by atoms with E-state index in [1.807, 2.05) is 38.1 Å². The van der Waals surface area contributed by atoms with Gasteiger partial charge in [0.25, 0.3) is 0 Å². The van der Waals surface area contributed by atoms with Crippen molar-refractivity contribution in [3.05, 3.63) is 48.3 Å². The predicted octanol–water partition coefficient (Wildman–Crippen LogP) is 3.86. The number of hydrogen-bond acceptors (Lipinski definition) is 2. The minimum absolute atomic E-state index is 0.129. The summed E-state index contributed by atoms with van der Waals surface area (Å²) in [4.78, 5) is 0. The third-order valence-corrected chi connectivity index (χ3v) is 2.53. The van der Waals surface area contributed by atoms with Crippen molar-refractivity contribution in [2.75, 3.05) is 5.73 Å². The summed E-state index contributed by atoms with van der Waals surface area (Å²) in [5.41, 5.74) is 7.30. The van der Waals surface area contributed by atoms with Gasteiger partial charge < -0.3 is 10.5 Å². The van der Waals surface area contributed by atoms with Gasteiger partial charge in [-0.05, 0) is 49.7 Å². The molecule has 0 aliphatic carbocycles. The fraction of sp³-hybridized carbons (Fsp3) is 0.200. The van der Waals surface area contributed by atoms with Gasteiger partial charge in [0.2, 0.25) is 0 Å². The molecule has 2 rings (SSSR count). The van der Waals surface area contributed by atoms with Gasteiger partial charge in [0.05, 0.1) is 6.10 Å². The molecule has 2 N–H and O–H groups in total. The lowest BCUT2D eigenvalue weighted by atomic mass is 10.0. The van der Waals surface area contributed by atoms with Crippen molar-refractivity contribution in [3.8, 4) is 16.9 Å². The normalized spacial score (nSPS) is 10.7. The number of benzene rings is 2. The average molecular weight is 245 g/mol. The molecule has 0 aliphatic heterocycles. The Bertz CT molecular complexity index is 535. The molecule has 2 aromatic carbocycles. The van der Waals surface area contributed by atoms with Crippen molar-refractivity contribution in [1.29, 1.82) is 0 Å². The van der Waals surface area contributed by atoms with Gasteiger partial charge in [0.1, 0.15) is 11.6 Å². The first-order valence-corrected chi connectivity index (χ1v) is 5.88. The van der Waals surface area contributed by atoms with Crippen LogP contribution in [0.4, 0.5) is 10.1 Å². The summed E-state index contributed by atoms with van der Waals surface area (Å²) < 4.78 is 19.3. The Balaban J connectivity index is 2.28. The van der Waals surface area contributed by atoms with Crippen LogP contribution in [0, 0.1) is 5.82 Å². The molecule has 0 saturated carbocycles. The van der Waals surface area contributed by atoms with E-state index in [0.717, 1.165) is 11.3 Å². The molecule has 0 radical (unpaired) electrons. The Morgan fingerprint density at radius 3 is 2.28 bits per heavy atom. The lowest BCUT2D eigenvalue weighted by Crippen LogP contribution is -2.05. The van der Waals surface area contributed by atoms with Crippen LogP contribution in [0.5, 0.6) is 5.75 Å². The Labute approximate surface area is 106 Å². The monoisotopic (exact) mass is 245 g/mol. The van der Waals surface area contributed by atoms with Gasteiger partial charge in [-0.15, -0.1) is 0 Å². The van der Waals surface area contributed by atoms with E-state index in [4.69, 9.17) is 10.5 Å². The summed E-state index contributed by atoms with van der Waals surface area (Å²) in [6, 6.07) is 12.1. The quantitative estimate of drug-likeness (QED) is 0.833. The summed E-state index contributed by atoms with van der Waals surface area (Å²) in [6.07, 6.45) is 0.129. The molecule has 0 atom stereocenters. The first-order valence-electron chi connectivity index (χ1n) is 5.88.